The number of hydrogen-bond donors (Lipinski definition) is 1. The third kappa shape index (κ3) is 16.5. The molecule has 0 aromatic rings. The molecule has 0 heterocycles. The van der Waals surface area contributed by atoms with Crippen molar-refractivity contribution in [3.8, 4) is 0 Å². The van der Waals surface area contributed by atoms with Crippen LogP contribution in [0, 0.1) is 0 Å². The van der Waals surface area contributed by atoms with Gasteiger partial charge in [-0.1, -0.05) is 11.4 Å². The van der Waals surface area contributed by atoms with Crippen molar-refractivity contribution in [2.45, 2.75) is 33.1 Å². The number of carbonyl (C=O) groups is 1. The van der Waals surface area contributed by atoms with Gasteiger partial charge in [-0.05, 0) is 26.2 Å². The molecule has 0 radical (unpaired) electrons. The second-order valence-corrected chi connectivity index (χ2v) is 12.6. The Hall–Kier alpha value is 0.0321. The zero-order valence-electron chi connectivity index (χ0n) is 10.6. The van der Waals surface area contributed by atoms with Gasteiger partial charge in [0, 0.05) is 28.0 Å². The largest absolute Gasteiger partial charge is 0.481 e. The maximum Gasteiger partial charge on any atom is 0.300 e. The molecular weight excluding hydrogens is 419 g/mol. The Labute approximate surface area is 115 Å². The predicted octanol–water partition coefficient (Wildman–Crippen LogP) is 2.95. The summed E-state index contributed by atoms with van der Waals surface area (Å²) < 4.78 is 5.97. The van der Waals surface area contributed by atoms with Crippen LogP contribution in [0.1, 0.15) is 6.92 Å². The fourth-order valence-corrected chi connectivity index (χ4v) is 6.94. The van der Waals surface area contributed by atoms with Crippen LogP contribution in [0.2, 0.25) is 26.2 Å². The normalized spacial score (nSPS) is 10.3. The first-order valence-corrected chi connectivity index (χ1v) is 10.7. The summed E-state index contributed by atoms with van der Waals surface area (Å²) in [5, 5.41) is 7.42. The first-order valence-electron chi connectivity index (χ1n) is 4.73. The summed E-state index contributed by atoms with van der Waals surface area (Å²) in [6.45, 7) is 17.3. The summed E-state index contributed by atoms with van der Waals surface area (Å²) in [5.74, 6) is -0.833. The summed E-state index contributed by atoms with van der Waals surface area (Å²) in [6, 6.07) is 0. The molecule has 0 amide bonds. The van der Waals surface area contributed by atoms with E-state index < -0.39 is 22.6 Å². The Bertz CT molecular complexity index is 225. The molecule has 0 rings (SSSR count). The smallest absolute Gasteiger partial charge is 0.300 e. The summed E-state index contributed by atoms with van der Waals surface area (Å²) in [5.41, 5.74) is 3.86. The van der Waals surface area contributed by atoms with Gasteiger partial charge in [-0.25, -0.2) is 0 Å². The van der Waals surface area contributed by atoms with Crippen LogP contribution in [0.15, 0.2) is 24.6 Å². The fourth-order valence-electron chi connectivity index (χ4n) is 0.826. The second-order valence-electron chi connectivity index (χ2n) is 4.33. The van der Waals surface area contributed by atoms with E-state index in [2.05, 4.69) is 39.3 Å². The summed E-state index contributed by atoms with van der Waals surface area (Å²) in [7, 11) is -3.16. The van der Waals surface area contributed by atoms with Crippen LogP contribution in [-0.4, -0.2) is 27.7 Å². The quantitative estimate of drug-likeness (QED) is 0.683. The van der Waals surface area contributed by atoms with E-state index in [1.54, 1.807) is 0 Å². The Morgan fingerprint density at radius 2 is 1.44 bits per heavy atom. The molecule has 0 saturated heterocycles. The Morgan fingerprint density at radius 1 is 1.19 bits per heavy atom. The number of rotatable bonds is 4. The van der Waals surface area contributed by atoms with Crippen molar-refractivity contribution in [1.82, 2.24) is 0 Å². The fraction of sp³-hybridized carbons (Fsp3) is 0.500. The minimum absolute atomic E-state index is 0. The molecule has 0 atom stereocenters. The molecule has 1 N–H and O–H groups in total. The van der Waals surface area contributed by atoms with Gasteiger partial charge in [-0.15, -0.1) is 13.2 Å². The Morgan fingerprint density at radius 3 is 1.50 bits per heavy atom. The minimum atomic E-state index is -1.74. The maximum absolute atomic E-state index is 9.00. The van der Waals surface area contributed by atoms with E-state index in [-0.39, 0.29) is 21.1 Å². The zero-order chi connectivity index (χ0) is 12.7. The van der Waals surface area contributed by atoms with Crippen LogP contribution in [0.3, 0.4) is 0 Å². The van der Waals surface area contributed by atoms with Crippen molar-refractivity contribution < 1.29 is 35.1 Å². The third-order valence-corrected chi connectivity index (χ3v) is 7.17. The third-order valence-electron chi connectivity index (χ3n) is 1.34. The van der Waals surface area contributed by atoms with Gasteiger partial charge in [0.25, 0.3) is 5.97 Å². The van der Waals surface area contributed by atoms with Gasteiger partial charge in [-0.2, -0.15) is 0 Å². The first kappa shape index (κ1) is 21.3. The van der Waals surface area contributed by atoms with Gasteiger partial charge in [-0.3, -0.25) is 4.79 Å². The van der Waals surface area contributed by atoms with Crippen LogP contribution >= 0.6 is 0 Å². The summed E-state index contributed by atoms with van der Waals surface area (Å²) in [4.78, 5) is 9.00. The number of aliphatic carboxylic acids is 1. The predicted molar refractivity (Wildman–Crippen MR) is 69.8 cm³/mol. The molecule has 0 spiro atoms. The van der Waals surface area contributed by atoms with Gasteiger partial charge in [0.15, 0.2) is 8.32 Å². The summed E-state index contributed by atoms with van der Waals surface area (Å²) in [6.07, 6.45) is 0. The number of carboxylic acid groups (broad SMARTS) is 1. The average molecular weight is 442 g/mol. The zero-order valence-corrected chi connectivity index (χ0v) is 14.9. The molecule has 3 nitrogen and oxygen atoms in total. The molecule has 16 heavy (non-hydrogen) atoms. The van der Waals surface area contributed by atoms with Crippen molar-refractivity contribution in [3.63, 3.8) is 0 Å². The molecule has 0 fully saturated rings. The van der Waals surface area contributed by atoms with Gasteiger partial charge in [0.2, 0.25) is 8.32 Å². The molecule has 0 aromatic heterocycles. The number of hydrogen-bond acceptors (Lipinski definition) is 2. The average Bonchev–Trinajstić information content (AvgIpc) is 2.00. The molecule has 0 aliphatic carbocycles. The molecule has 0 aliphatic rings. The van der Waals surface area contributed by atoms with Gasteiger partial charge in [0.05, 0.1) is 0 Å². The van der Waals surface area contributed by atoms with E-state index in [0.29, 0.717) is 0 Å². The number of carboxylic acids is 1. The van der Waals surface area contributed by atoms with Crippen LogP contribution in [0.25, 0.3) is 0 Å². The van der Waals surface area contributed by atoms with Crippen molar-refractivity contribution in [2.24, 2.45) is 0 Å². The van der Waals surface area contributed by atoms with Crippen molar-refractivity contribution in [1.29, 1.82) is 0 Å². The molecule has 6 heteroatoms. The molecule has 0 unspecified atom stereocenters. The van der Waals surface area contributed by atoms with Crippen molar-refractivity contribution in [3.05, 3.63) is 24.6 Å². The molecule has 98 valence electrons. The van der Waals surface area contributed by atoms with Crippen molar-refractivity contribution in [2.75, 3.05) is 0 Å². The van der Waals surface area contributed by atoms with E-state index >= 15 is 0 Å². The van der Waals surface area contributed by atoms with E-state index in [9.17, 15) is 0 Å². The molecule has 0 aliphatic heterocycles. The minimum Gasteiger partial charge on any atom is -0.481 e. The molecule has 0 saturated carbocycles. The van der Waals surface area contributed by atoms with Crippen LogP contribution in [0.4, 0.5) is 0 Å². The first-order chi connectivity index (χ1) is 6.56. The maximum atomic E-state index is 9.00. The van der Waals surface area contributed by atoms with Gasteiger partial charge >= 0.3 is 0 Å². The standard InChI is InChI=1S/C8H18OSi2.C2H4O2.Pt/c1-7-11(6,8-2)9-10(3,4)5;1-2(3)4;/h7-8H,1-2H2,3-6H3;1H3,(H,3,4);. The van der Waals surface area contributed by atoms with Crippen molar-refractivity contribution >= 4 is 22.6 Å². The SMILES string of the molecule is C=C[Si](C)(C=C)O[Si](C)(C)C.CC(=O)O.[Pt]. The monoisotopic (exact) mass is 441 g/mol. The Balaban J connectivity index is -0.000000292. The molecular formula is C10H22O3PtSi2. The van der Waals surface area contributed by atoms with Crippen LogP contribution in [-0.2, 0) is 30.0 Å². The van der Waals surface area contributed by atoms with E-state index in [4.69, 9.17) is 14.0 Å². The summed E-state index contributed by atoms with van der Waals surface area (Å²) >= 11 is 0. The van der Waals surface area contributed by atoms with E-state index in [1.807, 2.05) is 11.4 Å². The van der Waals surface area contributed by atoms with Crippen LogP contribution in [0.5, 0.6) is 0 Å². The van der Waals surface area contributed by atoms with Gasteiger partial charge < -0.3 is 9.22 Å². The topological polar surface area (TPSA) is 46.5 Å². The van der Waals surface area contributed by atoms with E-state index in [1.165, 1.54) is 0 Å². The Kier molecular flexibility index (Phi) is 12.1. The molecule has 0 aromatic carbocycles. The van der Waals surface area contributed by atoms with Gasteiger partial charge in [0.1, 0.15) is 0 Å². The molecule has 0 bridgehead atoms. The second kappa shape index (κ2) is 9.10. The van der Waals surface area contributed by atoms with E-state index in [0.717, 1.165) is 6.92 Å². The van der Waals surface area contributed by atoms with Crippen LogP contribution < -0.4 is 0 Å².